The van der Waals surface area contributed by atoms with Crippen LogP contribution in [0.3, 0.4) is 0 Å². The van der Waals surface area contributed by atoms with E-state index in [0.29, 0.717) is 5.69 Å². The highest BCUT2D eigenvalue weighted by atomic mass is 79.9. The van der Waals surface area contributed by atoms with E-state index in [2.05, 4.69) is 26.2 Å². The quantitative estimate of drug-likeness (QED) is 0.922. The first-order chi connectivity index (χ1) is 8.54. The maximum absolute atomic E-state index is 12.7. The molecule has 3 nitrogen and oxygen atoms in total. The number of benzene rings is 1. The molecule has 0 saturated heterocycles. The number of carbonyl (C=O) groups excluding carboxylic acids is 1. The van der Waals surface area contributed by atoms with Gasteiger partial charge in [-0.15, -0.1) is 0 Å². The predicted octanol–water partition coefficient (Wildman–Crippen LogP) is 3.54. The van der Waals surface area contributed by atoms with Gasteiger partial charge in [-0.25, -0.2) is 9.37 Å². The summed E-state index contributed by atoms with van der Waals surface area (Å²) in [5.74, 6) is -0.836. The third kappa shape index (κ3) is 3.13. The van der Waals surface area contributed by atoms with Gasteiger partial charge in [0.15, 0.2) is 0 Å². The summed E-state index contributed by atoms with van der Waals surface area (Å²) in [6, 6.07) is 8.11. The second-order valence-electron chi connectivity index (χ2n) is 3.83. The van der Waals surface area contributed by atoms with Gasteiger partial charge in [-0.2, -0.15) is 0 Å². The van der Waals surface area contributed by atoms with Crippen LogP contribution < -0.4 is 5.32 Å². The zero-order chi connectivity index (χ0) is 13.1. The van der Waals surface area contributed by atoms with Crippen molar-refractivity contribution < 1.29 is 9.18 Å². The molecule has 0 aliphatic rings. The molecule has 1 heterocycles. The van der Waals surface area contributed by atoms with Gasteiger partial charge in [0.05, 0.1) is 6.20 Å². The van der Waals surface area contributed by atoms with E-state index in [0.717, 1.165) is 16.2 Å². The molecule has 92 valence electrons. The molecule has 2 aromatic rings. The average molecular weight is 309 g/mol. The van der Waals surface area contributed by atoms with Gasteiger partial charge in [-0.05, 0) is 42.8 Å². The molecule has 0 unspecified atom stereocenters. The van der Waals surface area contributed by atoms with Crippen LogP contribution in [0.15, 0.2) is 41.0 Å². The molecule has 0 spiro atoms. The Morgan fingerprint density at radius 3 is 2.72 bits per heavy atom. The monoisotopic (exact) mass is 308 g/mol. The third-order valence-corrected chi connectivity index (χ3v) is 2.72. The normalized spacial score (nSPS) is 10.2. The molecule has 0 aliphatic heterocycles. The zero-order valence-corrected chi connectivity index (χ0v) is 11.2. The highest BCUT2D eigenvalue weighted by molar-refractivity contribution is 9.10. The standard InChI is InChI=1S/C13H10BrFN2O/c1-8-4-9(14)6-11(5-8)17-13(18)12-3-2-10(15)7-16-12/h2-7H,1H3,(H,17,18). The Bertz CT molecular complexity index is 564. The number of aromatic nitrogens is 1. The first-order valence-corrected chi connectivity index (χ1v) is 6.04. The van der Waals surface area contributed by atoms with E-state index in [1.807, 2.05) is 19.1 Å². The van der Waals surface area contributed by atoms with Crippen molar-refractivity contribution in [3.63, 3.8) is 0 Å². The number of anilines is 1. The van der Waals surface area contributed by atoms with Crippen molar-refractivity contribution in [3.8, 4) is 0 Å². The molecule has 0 radical (unpaired) electrons. The summed E-state index contributed by atoms with van der Waals surface area (Å²) < 4.78 is 13.6. The van der Waals surface area contributed by atoms with Crippen LogP contribution in [0.1, 0.15) is 16.1 Å². The Balaban J connectivity index is 2.18. The van der Waals surface area contributed by atoms with Crippen LogP contribution in [-0.2, 0) is 0 Å². The predicted molar refractivity (Wildman–Crippen MR) is 71.0 cm³/mol. The Labute approximate surface area is 112 Å². The van der Waals surface area contributed by atoms with Crippen LogP contribution >= 0.6 is 15.9 Å². The number of pyridine rings is 1. The zero-order valence-electron chi connectivity index (χ0n) is 9.58. The largest absolute Gasteiger partial charge is 0.321 e. The highest BCUT2D eigenvalue weighted by Crippen LogP contribution is 2.19. The molecule has 0 atom stereocenters. The number of nitrogens with one attached hydrogen (secondary N) is 1. The smallest absolute Gasteiger partial charge is 0.274 e. The minimum atomic E-state index is -0.468. The van der Waals surface area contributed by atoms with Crippen LogP contribution in [0.4, 0.5) is 10.1 Å². The van der Waals surface area contributed by atoms with Crippen molar-refractivity contribution in [1.82, 2.24) is 4.98 Å². The van der Waals surface area contributed by atoms with Crippen LogP contribution in [-0.4, -0.2) is 10.9 Å². The number of carbonyl (C=O) groups is 1. The molecule has 5 heteroatoms. The van der Waals surface area contributed by atoms with Gasteiger partial charge in [-0.1, -0.05) is 15.9 Å². The van der Waals surface area contributed by atoms with Crippen LogP contribution in [0.25, 0.3) is 0 Å². The summed E-state index contributed by atoms with van der Waals surface area (Å²) in [6.45, 7) is 1.93. The van der Waals surface area contributed by atoms with Crippen molar-refractivity contribution in [2.45, 2.75) is 6.92 Å². The first kappa shape index (κ1) is 12.7. The maximum Gasteiger partial charge on any atom is 0.274 e. The SMILES string of the molecule is Cc1cc(Br)cc(NC(=O)c2ccc(F)cn2)c1. The summed E-state index contributed by atoms with van der Waals surface area (Å²) in [4.78, 5) is 15.6. The first-order valence-electron chi connectivity index (χ1n) is 5.25. The Hall–Kier alpha value is -1.75. The second-order valence-corrected chi connectivity index (χ2v) is 4.75. The fraction of sp³-hybridized carbons (Fsp3) is 0.0769. The van der Waals surface area contributed by atoms with E-state index in [4.69, 9.17) is 0 Å². The molecule has 1 aromatic carbocycles. The van der Waals surface area contributed by atoms with E-state index in [-0.39, 0.29) is 11.6 Å². The van der Waals surface area contributed by atoms with Crippen molar-refractivity contribution in [2.75, 3.05) is 5.32 Å². The topological polar surface area (TPSA) is 42.0 Å². The Morgan fingerprint density at radius 2 is 2.11 bits per heavy atom. The number of hydrogen-bond donors (Lipinski definition) is 1. The lowest BCUT2D eigenvalue weighted by atomic mass is 10.2. The molecule has 2 rings (SSSR count). The van der Waals surface area contributed by atoms with Crippen molar-refractivity contribution in [2.24, 2.45) is 0 Å². The molecular formula is C13H10BrFN2O. The highest BCUT2D eigenvalue weighted by Gasteiger charge is 2.08. The van der Waals surface area contributed by atoms with Gasteiger partial charge >= 0.3 is 0 Å². The molecule has 0 bridgehead atoms. The third-order valence-electron chi connectivity index (χ3n) is 2.26. The molecule has 0 fully saturated rings. The van der Waals surface area contributed by atoms with Crippen LogP contribution in [0.2, 0.25) is 0 Å². The number of amides is 1. The molecule has 1 amide bonds. The van der Waals surface area contributed by atoms with Crippen molar-refractivity contribution >= 4 is 27.5 Å². The molecule has 18 heavy (non-hydrogen) atoms. The van der Waals surface area contributed by atoms with Gasteiger partial charge < -0.3 is 5.32 Å². The second kappa shape index (κ2) is 5.27. The minimum absolute atomic E-state index is 0.175. The summed E-state index contributed by atoms with van der Waals surface area (Å²) in [7, 11) is 0. The lowest BCUT2D eigenvalue weighted by molar-refractivity contribution is 0.102. The molecule has 1 N–H and O–H groups in total. The molecule has 1 aromatic heterocycles. The van der Waals surface area contributed by atoms with Crippen LogP contribution in [0, 0.1) is 12.7 Å². The van der Waals surface area contributed by atoms with Gasteiger partial charge in [0.2, 0.25) is 0 Å². The average Bonchev–Trinajstić information content (AvgIpc) is 2.28. The summed E-state index contributed by atoms with van der Waals surface area (Å²) in [6.07, 6.45) is 1.01. The van der Waals surface area contributed by atoms with E-state index in [1.165, 1.54) is 12.1 Å². The molecule has 0 aliphatic carbocycles. The fourth-order valence-electron chi connectivity index (χ4n) is 1.51. The Kier molecular flexibility index (Phi) is 3.72. The number of nitrogens with zero attached hydrogens (tertiary/aromatic N) is 1. The molecular weight excluding hydrogens is 299 g/mol. The fourth-order valence-corrected chi connectivity index (χ4v) is 2.12. The summed E-state index contributed by atoms with van der Waals surface area (Å²) in [5.41, 5.74) is 1.86. The number of aryl methyl sites for hydroxylation is 1. The van der Waals surface area contributed by atoms with Gasteiger partial charge in [-0.3, -0.25) is 4.79 Å². The minimum Gasteiger partial charge on any atom is -0.321 e. The maximum atomic E-state index is 12.7. The number of hydrogen-bond acceptors (Lipinski definition) is 2. The van der Waals surface area contributed by atoms with Gasteiger partial charge in [0.25, 0.3) is 5.91 Å². The van der Waals surface area contributed by atoms with Crippen molar-refractivity contribution in [3.05, 3.63) is 58.1 Å². The van der Waals surface area contributed by atoms with Gasteiger partial charge in [0.1, 0.15) is 11.5 Å². The number of rotatable bonds is 2. The van der Waals surface area contributed by atoms with E-state index in [9.17, 15) is 9.18 Å². The Morgan fingerprint density at radius 1 is 1.33 bits per heavy atom. The van der Waals surface area contributed by atoms with Crippen molar-refractivity contribution in [1.29, 1.82) is 0 Å². The van der Waals surface area contributed by atoms with Crippen LogP contribution in [0.5, 0.6) is 0 Å². The number of halogens is 2. The van der Waals surface area contributed by atoms with E-state index < -0.39 is 5.82 Å². The summed E-state index contributed by atoms with van der Waals surface area (Å²) in [5, 5.41) is 2.71. The summed E-state index contributed by atoms with van der Waals surface area (Å²) >= 11 is 3.35. The van der Waals surface area contributed by atoms with E-state index >= 15 is 0 Å². The van der Waals surface area contributed by atoms with E-state index in [1.54, 1.807) is 6.07 Å². The molecule has 0 saturated carbocycles. The lowest BCUT2D eigenvalue weighted by Crippen LogP contribution is -2.13. The lowest BCUT2D eigenvalue weighted by Gasteiger charge is -2.06. The van der Waals surface area contributed by atoms with Gasteiger partial charge in [0, 0.05) is 10.2 Å².